The number of aryl methyl sites for hydroxylation is 1. The van der Waals surface area contributed by atoms with E-state index in [1.54, 1.807) is 12.4 Å². The third-order valence-corrected chi connectivity index (χ3v) is 5.81. The van der Waals surface area contributed by atoms with Crippen molar-refractivity contribution in [3.05, 3.63) is 41.2 Å². The molecule has 0 spiro atoms. The average Bonchev–Trinajstić information content (AvgIpc) is 2.62. The Kier molecular flexibility index (Phi) is 6.60. The van der Waals surface area contributed by atoms with Gasteiger partial charge in [0, 0.05) is 29.9 Å². The summed E-state index contributed by atoms with van der Waals surface area (Å²) in [5.74, 6) is 2.47. The second-order valence-corrected chi connectivity index (χ2v) is 8.79. The van der Waals surface area contributed by atoms with Crippen LogP contribution in [0.4, 0.5) is 11.5 Å². The molecule has 1 aliphatic heterocycles. The van der Waals surface area contributed by atoms with Crippen LogP contribution in [0.5, 0.6) is 0 Å². The first-order chi connectivity index (χ1) is 12.9. The Hall–Kier alpha value is -1.79. The van der Waals surface area contributed by atoms with E-state index < -0.39 is 0 Å². The highest BCUT2D eigenvalue weighted by molar-refractivity contribution is 7.99. The van der Waals surface area contributed by atoms with Crippen LogP contribution < -0.4 is 10.2 Å². The zero-order chi connectivity index (χ0) is 19.4. The number of hydrogen-bond donors (Lipinski definition) is 1. The zero-order valence-electron chi connectivity index (χ0n) is 15.9. The maximum absolute atomic E-state index is 12.3. The fourth-order valence-corrected chi connectivity index (χ4v) is 4.32. The van der Waals surface area contributed by atoms with E-state index in [9.17, 15) is 4.79 Å². The van der Waals surface area contributed by atoms with Crippen LogP contribution in [0.25, 0.3) is 0 Å². The summed E-state index contributed by atoms with van der Waals surface area (Å²) in [7, 11) is 0. The molecule has 1 aliphatic rings. The first-order valence-corrected chi connectivity index (χ1v) is 10.5. The maximum Gasteiger partial charge on any atom is 0.234 e. The molecule has 1 amide bonds. The number of nitrogens with zero attached hydrogens (tertiary/aromatic N) is 3. The number of carbonyl (C=O) groups excluding carboxylic acids is 1. The number of amides is 1. The summed E-state index contributed by atoms with van der Waals surface area (Å²) in [6.45, 7) is 8.53. The Morgan fingerprint density at radius 2 is 2.00 bits per heavy atom. The molecule has 0 radical (unpaired) electrons. The van der Waals surface area contributed by atoms with E-state index in [0.29, 0.717) is 16.9 Å². The molecule has 0 aliphatic carbocycles. The Bertz CT molecular complexity index is 806. The number of anilines is 2. The minimum Gasteiger partial charge on any atom is -0.356 e. The molecule has 2 heterocycles. The molecule has 1 fully saturated rings. The summed E-state index contributed by atoms with van der Waals surface area (Å²) in [6.07, 6.45) is 2.84. The van der Waals surface area contributed by atoms with Gasteiger partial charge in [-0.25, -0.2) is 9.97 Å². The van der Waals surface area contributed by atoms with Gasteiger partial charge in [0.2, 0.25) is 5.91 Å². The zero-order valence-corrected chi connectivity index (χ0v) is 17.5. The summed E-state index contributed by atoms with van der Waals surface area (Å²) in [4.78, 5) is 23.4. The predicted octanol–water partition coefficient (Wildman–Crippen LogP) is 4.65. The van der Waals surface area contributed by atoms with E-state index >= 15 is 0 Å². The summed E-state index contributed by atoms with van der Waals surface area (Å²) in [5, 5.41) is 4.33. The monoisotopic (exact) mass is 404 g/mol. The molecule has 3 rings (SSSR count). The molecule has 1 aromatic carbocycles. The SMILES string of the molecule is Cc1ccc(Cl)cc1NC(=O)CSc1cc(N2C[C@H](C)C[C@@H](C)C2)ncn1. The third-order valence-electron chi connectivity index (χ3n) is 4.65. The molecule has 144 valence electrons. The molecule has 1 saturated heterocycles. The molecule has 1 N–H and O–H groups in total. The Balaban J connectivity index is 1.59. The van der Waals surface area contributed by atoms with Gasteiger partial charge in [0.05, 0.1) is 5.75 Å². The lowest BCUT2D eigenvalue weighted by atomic mass is 9.92. The van der Waals surface area contributed by atoms with E-state index in [1.165, 1.54) is 18.2 Å². The molecule has 27 heavy (non-hydrogen) atoms. The lowest BCUT2D eigenvalue weighted by Gasteiger charge is -2.35. The van der Waals surface area contributed by atoms with Crippen molar-refractivity contribution >= 4 is 40.8 Å². The topological polar surface area (TPSA) is 58.1 Å². The average molecular weight is 405 g/mol. The molecule has 5 nitrogen and oxygen atoms in total. The molecule has 0 saturated carbocycles. The lowest BCUT2D eigenvalue weighted by molar-refractivity contribution is -0.113. The van der Waals surface area contributed by atoms with Gasteiger partial charge < -0.3 is 10.2 Å². The number of thioether (sulfide) groups is 1. The standard InChI is InChI=1S/C20H25ClN4OS/c1-13-6-14(2)10-25(9-13)18-8-20(23-12-22-18)27-11-19(26)24-17-7-16(21)5-4-15(17)3/h4-5,7-8,12-14H,6,9-11H2,1-3H3,(H,24,26)/t13-,14-/m1/s1. The molecule has 7 heteroatoms. The van der Waals surface area contributed by atoms with Crippen molar-refractivity contribution in [2.45, 2.75) is 32.2 Å². The Labute approximate surface area is 169 Å². The molecule has 0 unspecified atom stereocenters. The van der Waals surface area contributed by atoms with Gasteiger partial charge in [0.1, 0.15) is 17.2 Å². The second kappa shape index (κ2) is 8.93. The highest BCUT2D eigenvalue weighted by Gasteiger charge is 2.23. The molecular formula is C20H25ClN4OS. The number of aromatic nitrogens is 2. The molecule has 1 aromatic heterocycles. The summed E-state index contributed by atoms with van der Waals surface area (Å²) in [5.41, 5.74) is 1.73. The second-order valence-electron chi connectivity index (χ2n) is 7.36. The predicted molar refractivity (Wildman–Crippen MR) is 113 cm³/mol. The normalized spacial score (nSPS) is 19.8. The Morgan fingerprint density at radius 3 is 2.74 bits per heavy atom. The number of rotatable bonds is 5. The fourth-order valence-electron chi connectivity index (χ4n) is 3.49. The third kappa shape index (κ3) is 5.59. The van der Waals surface area contributed by atoms with E-state index in [2.05, 4.69) is 34.0 Å². The summed E-state index contributed by atoms with van der Waals surface area (Å²) in [6, 6.07) is 7.45. The van der Waals surface area contributed by atoms with Crippen LogP contribution in [0.15, 0.2) is 35.6 Å². The van der Waals surface area contributed by atoms with E-state index in [4.69, 9.17) is 11.6 Å². The minimum absolute atomic E-state index is 0.0780. The van der Waals surface area contributed by atoms with Crippen molar-refractivity contribution in [2.24, 2.45) is 11.8 Å². The van der Waals surface area contributed by atoms with Crippen LogP contribution in [-0.2, 0) is 4.79 Å². The lowest BCUT2D eigenvalue weighted by Crippen LogP contribution is -2.39. The number of hydrogen-bond acceptors (Lipinski definition) is 5. The number of nitrogens with one attached hydrogen (secondary N) is 1. The Morgan fingerprint density at radius 1 is 1.26 bits per heavy atom. The van der Waals surface area contributed by atoms with Crippen molar-refractivity contribution in [3.8, 4) is 0 Å². The van der Waals surface area contributed by atoms with Crippen molar-refractivity contribution in [3.63, 3.8) is 0 Å². The van der Waals surface area contributed by atoms with Gasteiger partial charge in [-0.2, -0.15) is 0 Å². The van der Waals surface area contributed by atoms with Crippen molar-refractivity contribution in [1.29, 1.82) is 0 Å². The maximum atomic E-state index is 12.3. The first-order valence-electron chi connectivity index (χ1n) is 9.16. The fraction of sp³-hybridized carbons (Fsp3) is 0.450. The van der Waals surface area contributed by atoms with Crippen LogP contribution in [-0.4, -0.2) is 34.7 Å². The van der Waals surface area contributed by atoms with Crippen LogP contribution in [0.1, 0.15) is 25.8 Å². The van der Waals surface area contributed by atoms with Gasteiger partial charge >= 0.3 is 0 Å². The molecule has 2 atom stereocenters. The van der Waals surface area contributed by atoms with Gasteiger partial charge in [0.15, 0.2) is 0 Å². The van der Waals surface area contributed by atoms with Crippen LogP contribution in [0, 0.1) is 18.8 Å². The van der Waals surface area contributed by atoms with Crippen molar-refractivity contribution in [1.82, 2.24) is 9.97 Å². The first kappa shape index (κ1) is 20.0. The summed E-state index contributed by atoms with van der Waals surface area (Å²) >= 11 is 7.42. The van der Waals surface area contributed by atoms with E-state index in [-0.39, 0.29) is 11.7 Å². The number of halogens is 1. The largest absolute Gasteiger partial charge is 0.356 e. The highest BCUT2D eigenvalue weighted by Crippen LogP contribution is 2.27. The van der Waals surface area contributed by atoms with E-state index in [0.717, 1.165) is 35.2 Å². The highest BCUT2D eigenvalue weighted by atomic mass is 35.5. The number of piperidine rings is 1. The molecule has 0 bridgehead atoms. The van der Waals surface area contributed by atoms with Crippen molar-refractivity contribution in [2.75, 3.05) is 29.1 Å². The van der Waals surface area contributed by atoms with Crippen LogP contribution >= 0.6 is 23.4 Å². The van der Waals surface area contributed by atoms with Gasteiger partial charge in [0.25, 0.3) is 0 Å². The van der Waals surface area contributed by atoms with Gasteiger partial charge in [-0.1, -0.05) is 43.3 Å². The molecular weight excluding hydrogens is 380 g/mol. The minimum atomic E-state index is -0.0780. The van der Waals surface area contributed by atoms with Crippen LogP contribution in [0.2, 0.25) is 5.02 Å². The van der Waals surface area contributed by atoms with Crippen molar-refractivity contribution < 1.29 is 4.79 Å². The summed E-state index contributed by atoms with van der Waals surface area (Å²) < 4.78 is 0. The van der Waals surface area contributed by atoms with E-state index in [1.807, 2.05) is 25.1 Å². The quantitative estimate of drug-likeness (QED) is 0.580. The number of benzene rings is 1. The smallest absolute Gasteiger partial charge is 0.234 e. The van der Waals surface area contributed by atoms with Gasteiger partial charge in [-0.15, -0.1) is 0 Å². The van der Waals surface area contributed by atoms with Gasteiger partial charge in [-0.3, -0.25) is 4.79 Å². The van der Waals surface area contributed by atoms with Gasteiger partial charge in [-0.05, 0) is 42.9 Å². The number of carbonyl (C=O) groups is 1. The molecule has 2 aromatic rings. The van der Waals surface area contributed by atoms with Crippen LogP contribution in [0.3, 0.4) is 0 Å².